The molecule has 1 atom stereocenters. The summed E-state index contributed by atoms with van der Waals surface area (Å²) in [7, 11) is 3.07. The van der Waals surface area contributed by atoms with E-state index in [4.69, 9.17) is 9.47 Å². The van der Waals surface area contributed by atoms with Gasteiger partial charge in [-0.25, -0.2) is 4.39 Å². The molecule has 8 heteroatoms. The molecular formula is C24H23FN2O4S. The summed E-state index contributed by atoms with van der Waals surface area (Å²) in [5, 5.41) is 5.10. The molecule has 0 heterocycles. The lowest BCUT2D eigenvalue weighted by Gasteiger charge is -2.15. The van der Waals surface area contributed by atoms with E-state index in [1.807, 2.05) is 6.07 Å². The Balaban J connectivity index is 1.67. The molecule has 2 amide bonds. The lowest BCUT2D eigenvalue weighted by molar-refractivity contribution is -0.115. The number of anilines is 2. The Morgan fingerprint density at radius 3 is 2.44 bits per heavy atom. The summed E-state index contributed by atoms with van der Waals surface area (Å²) in [5.74, 6) is -0.230. The van der Waals surface area contributed by atoms with Crippen molar-refractivity contribution in [2.24, 2.45) is 0 Å². The van der Waals surface area contributed by atoms with Gasteiger partial charge in [0, 0.05) is 16.6 Å². The molecule has 0 saturated heterocycles. The smallest absolute Gasteiger partial charge is 0.258 e. The van der Waals surface area contributed by atoms with Crippen molar-refractivity contribution in [3.8, 4) is 11.5 Å². The summed E-state index contributed by atoms with van der Waals surface area (Å²) in [5.41, 5.74) is 0.978. The van der Waals surface area contributed by atoms with E-state index in [0.29, 0.717) is 22.9 Å². The molecule has 2 N–H and O–H groups in total. The number of carbonyl (C=O) groups excluding carboxylic acids is 2. The minimum atomic E-state index is -0.589. The molecule has 0 saturated carbocycles. The number of amides is 2. The molecule has 32 heavy (non-hydrogen) atoms. The molecule has 0 spiro atoms. The molecule has 6 nitrogen and oxygen atoms in total. The predicted octanol–water partition coefficient (Wildman–Crippen LogP) is 5.21. The lowest BCUT2D eigenvalue weighted by Crippen LogP contribution is -2.22. The Bertz CT molecular complexity index is 1120. The Morgan fingerprint density at radius 1 is 0.938 bits per heavy atom. The first-order chi connectivity index (χ1) is 15.4. The zero-order valence-electron chi connectivity index (χ0n) is 17.8. The number of nitrogens with one attached hydrogen (secondary N) is 2. The maximum atomic E-state index is 13.8. The van der Waals surface area contributed by atoms with Crippen LogP contribution in [0.25, 0.3) is 0 Å². The standard InChI is InChI=1S/C24H23FN2O4S/c1-15(23(28)27-21-14-17(30-2)11-12-22(21)31-3)32-18-8-6-7-16(13-18)26-24(29)19-9-4-5-10-20(19)25/h4-15H,1-3H3,(H,26,29)(H,27,28). The summed E-state index contributed by atoms with van der Waals surface area (Å²) >= 11 is 1.33. The summed E-state index contributed by atoms with van der Waals surface area (Å²) in [6.07, 6.45) is 0. The van der Waals surface area contributed by atoms with Crippen LogP contribution in [-0.2, 0) is 4.79 Å². The third-order valence-corrected chi connectivity index (χ3v) is 5.65. The van der Waals surface area contributed by atoms with Crippen LogP contribution in [0.1, 0.15) is 17.3 Å². The average Bonchev–Trinajstić information content (AvgIpc) is 2.79. The molecule has 0 radical (unpaired) electrons. The van der Waals surface area contributed by atoms with Gasteiger partial charge in [0.25, 0.3) is 5.91 Å². The van der Waals surface area contributed by atoms with Crippen molar-refractivity contribution in [3.63, 3.8) is 0 Å². The summed E-state index contributed by atoms with van der Waals surface area (Å²) in [6, 6.07) is 18.0. The highest BCUT2D eigenvalue weighted by Gasteiger charge is 2.18. The van der Waals surface area contributed by atoms with Crippen LogP contribution in [0.3, 0.4) is 0 Å². The molecule has 3 aromatic rings. The predicted molar refractivity (Wildman–Crippen MR) is 124 cm³/mol. The van der Waals surface area contributed by atoms with Gasteiger partial charge in [0.1, 0.15) is 17.3 Å². The molecule has 0 aromatic heterocycles. The highest BCUT2D eigenvalue weighted by atomic mass is 32.2. The zero-order valence-corrected chi connectivity index (χ0v) is 18.7. The van der Waals surface area contributed by atoms with Crippen LogP contribution >= 0.6 is 11.8 Å². The van der Waals surface area contributed by atoms with E-state index in [-0.39, 0.29) is 11.5 Å². The van der Waals surface area contributed by atoms with Crippen LogP contribution in [0.5, 0.6) is 11.5 Å². The van der Waals surface area contributed by atoms with Gasteiger partial charge in [0.15, 0.2) is 0 Å². The topological polar surface area (TPSA) is 76.7 Å². The van der Waals surface area contributed by atoms with Crippen LogP contribution in [0.15, 0.2) is 71.6 Å². The van der Waals surface area contributed by atoms with E-state index in [0.717, 1.165) is 4.90 Å². The fraction of sp³-hybridized carbons (Fsp3) is 0.167. The first kappa shape index (κ1) is 23.1. The Labute approximate surface area is 190 Å². The van der Waals surface area contributed by atoms with Gasteiger partial charge < -0.3 is 20.1 Å². The SMILES string of the molecule is COc1ccc(OC)c(NC(=O)C(C)Sc2cccc(NC(=O)c3ccccc3F)c2)c1. The minimum Gasteiger partial charge on any atom is -0.497 e. The summed E-state index contributed by atoms with van der Waals surface area (Å²) in [4.78, 5) is 25.9. The second-order valence-electron chi connectivity index (χ2n) is 6.78. The van der Waals surface area contributed by atoms with Crippen LogP contribution in [0.4, 0.5) is 15.8 Å². The molecule has 1 unspecified atom stereocenters. The van der Waals surface area contributed by atoms with Crippen LogP contribution in [0, 0.1) is 5.82 Å². The molecule has 0 aliphatic rings. The molecule has 166 valence electrons. The number of rotatable bonds is 8. The third-order valence-electron chi connectivity index (χ3n) is 4.56. The van der Waals surface area contributed by atoms with Crippen LogP contribution in [0.2, 0.25) is 0 Å². The number of methoxy groups -OCH3 is 2. The van der Waals surface area contributed by atoms with Gasteiger partial charge in [-0.15, -0.1) is 11.8 Å². The molecule has 0 bridgehead atoms. The molecule has 3 rings (SSSR count). The van der Waals surface area contributed by atoms with Gasteiger partial charge >= 0.3 is 0 Å². The largest absolute Gasteiger partial charge is 0.497 e. The van der Waals surface area contributed by atoms with Crippen LogP contribution in [-0.4, -0.2) is 31.3 Å². The molecule has 0 aliphatic carbocycles. The monoisotopic (exact) mass is 454 g/mol. The summed E-state index contributed by atoms with van der Waals surface area (Å²) < 4.78 is 24.3. The molecule has 0 aliphatic heterocycles. The number of benzene rings is 3. The maximum absolute atomic E-state index is 13.8. The highest BCUT2D eigenvalue weighted by Crippen LogP contribution is 2.31. The van der Waals surface area contributed by atoms with Crippen molar-refractivity contribution in [1.29, 1.82) is 0 Å². The van der Waals surface area contributed by atoms with Crippen molar-refractivity contribution in [1.82, 2.24) is 0 Å². The normalized spacial score (nSPS) is 11.4. The van der Waals surface area contributed by atoms with E-state index in [9.17, 15) is 14.0 Å². The van der Waals surface area contributed by atoms with Crippen molar-refractivity contribution >= 4 is 35.0 Å². The van der Waals surface area contributed by atoms with E-state index < -0.39 is 17.0 Å². The Morgan fingerprint density at radius 2 is 1.72 bits per heavy atom. The number of hydrogen-bond acceptors (Lipinski definition) is 5. The number of ether oxygens (including phenoxy) is 2. The fourth-order valence-electron chi connectivity index (χ4n) is 2.89. The van der Waals surface area contributed by atoms with E-state index >= 15 is 0 Å². The summed E-state index contributed by atoms with van der Waals surface area (Å²) in [6.45, 7) is 1.78. The van der Waals surface area contributed by atoms with Gasteiger partial charge in [-0.1, -0.05) is 18.2 Å². The number of carbonyl (C=O) groups is 2. The van der Waals surface area contributed by atoms with Gasteiger partial charge in [-0.05, 0) is 49.4 Å². The lowest BCUT2D eigenvalue weighted by atomic mass is 10.2. The van der Waals surface area contributed by atoms with Crippen molar-refractivity contribution in [2.75, 3.05) is 24.9 Å². The molecule has 3 aromatic carbocycles. The fourth-order valence-corrected chi connectivity index (χ4v) is 3.82. The van der Waals surface area contributed by atoms with Gasteiger partial charge in [0.2, 0.25) is 5.91 Å². The number of halogens is 1. The second-order valence-corrected chi connectivity index (χ2v) is 8.19. The average molecular weight is 455 g/mol. The highest BCUT2D eigenvalue weighted by molar-refractivity contribution is 8.00. The minimum absolute atomic E-state index is 0.0365. The first-order valence-corrected chi connectivity index (χ1v) is 10.6. The van der Waals surface area contributed by atoms with Gasteiger partial charge in [-0.2, -0.15) is 0 Å². The quantitative estimate of drug-likeness (QED) is 0.457. The van der Waals surface area contributed by atoms with E-state index in [1.54, 1.807) is 56.5 Å². The van der Waals surface area contributed by atoms with Crippen molar-refractivity contribution in [3.05, 3.63) is 78.1 Å². The van der Waals surface area contributed by atoms with Gasteiger partial charge in [0.05, 0.1) is 30.7 Å². The van der Waals surface area contributed by atoms with E-state index in [1.165, 1.54) is 37.1 Å². The van der Waals surface area contributed by atoms with Crippen molar-refractivity contribution in [2.45, 2.75) is 17.1 Å². The van der Waals surface area contributed by atoms with Crippen LogP contribution < -0.4 is 20.1 Å². The molecular weight excluding hydrogens is 431 g/mol. The second kappa shape index (κ2) is 10.7. The Hall–Kier alpha value is -3.52. The van der Waals surface area contributed by atoms with Crippen molar-refractivity contribution < 1.29 is 23.5 Å². The zero-order chi connectivity index (χ0) is 23.1. The molecule has 0 fully saturated rings. The maximum Gasteiger partial charge on any atom is 0.258 e. The number of hydrogen-bond donors (Lipinski definition) is 2. The Kier molecular flexibility index (Phi) is 7.72. The van der Waals surface area contributed by atoms with E-state index in [2.05, 4.69) is 10.6 Å². The first-order valence-electron chi connectivity index (χ1n) is 9.76. The van der Waals surface area contributed by atoms with Gasteiger partial charge in [-0.3, -0.25) is 9.59 Å². The third kappa shape index (κ3) is 5.79. The number of thioether (sulfide) groups is 1.